The third kappa shape index (κ3) is 9.25. The highest BCUT2D eigenvalue weighted by Crippen LogP contribution is 2.32. The van der Waals surface area contributed by atoms with Gasteiger partial charge in [0.05, 0.1) is 10.7 Å². The van der Waals surface area contributed by atoms with Gasteiger partial charge in [-0.1, -0.05) is 20.3 Å². The van der Waals surface area contributed by atoms with Gasteiger partial charge in [0, 0.05) is 0 Å². The summed E-state index contributed by atoms with van der Waals surface area (Å²) >= 11 is 0.639. The van der Waals surface area contributed by atoms with E-state index in [2.05, 4.69) is 5.32 Å². The van der Waals surface area contributed by atoms with Crippen molar-refractivity contribution in [2.24, 2.45) is 5.92 Å². The van der Waals surface area contributed by atoms with Gasteiger partial charge in [0.1, 0.15) is 12.1 Å². The van der Waals surface area contributed by atoms with Crippen molar-refractivity contribution >= 4 is 35.1 Å². The van der Waals surface area contributed by atoms with Crippen molar-refractivity contribution in [1.82, 2.24) is 5.32 Å². The normalized spacial score (nSPS) is 15.2. The molecule has 0 radical (unpaired) electrons. The van der Waals surface area contributed by atoms with Crippen LogP contribution in [0.15, 0.2) is 13.6 Å². The molecule has 0 saturated heterocycles. The first-order chi connectivity index (χ1) is 16.9. The summed E-state index contributed by atoms with van der Waals surface area (Å²) in [5.41, 5.74) is 0. The zero-order valence-corrected chi connectivity index (χ0v) is 21.9. The highest BCUT2D eigenvalue weighted by Gasteiger charge is 2.42. The first-order valence-corrected chi connectivity index (χ1v) is 12.5. The zero-order chi connectivity index (χ0) is 26.9. The van der Waals surface area contributed by atoms with Crippen LogP contribution >= 0.6 is 11.8 Å². The Kier molecular flexibility index (Phi) is 10.9. The molecule has 13 heteroatoms. The Morgan fingerprint density at radius 1 is 1.03 bits per heavy atom. The fraction of sp³-hybridized carbons (Fsp3) is 0.696. The lowest BCUT2D eigenvalue weighted by atomic mass is 9.97. The topological polar surface area (TPSA) is 161 Å². The van der Waals surface area contributed by atoms with Gasteiger partial charge in [-0.25, -0.2) is 19.2 Å². The third-order valence-corrected chi connectivity index (χ3v) is 6.44. The minimum absolute atomic E-state index is 0.0534. The van der Waals surface area contributed by atoms with Crippen LogP contribution in [0.3, 0.4) is 0 Å². The lowest BCUT2D eigenvalue weighted by molar-refractivity contribution is -0.157. The summed E-state index contributed by atoms with van der Waals surface area (Å²) in [5, 5.41) is 1.62. The van der Waals surface area contributed by atoms with Crippen LogP contribution in [0.4, 0.5) is 9.59 Å². The number of amides is 1. The summed E-state index contributed by atoms with van der Waals surface area (Å²) in [6.45, 7) is 6.84. The van der Waals surface area contributed by atoms with E-state index in [1.165, 1.54) is 6.92 Å². The first kappa shape index (κ1) is 29.3. The van der Waals surface area contributed by atoms with Crippen molar-refractivity contribution in [2.45, 2.75) is 90.2 Å². The Morgan fingerprint density at radius 2 is 1.69 bits per heavy atom. The average Bonchev–Trinajstić information content (AvgIpc) is 3.12. The summed E-state index contributed by atoms with van der Waals surface area (Å²) in [7, 11) is 0. The molecule has 1 fully saturated rings. The molecule has 1 aliphatic rings. The van der Waals surface area contributed by atoms with Crippen LogP contribution < -0.4 is 11.1 Å². The molecule has 0 unspecified atom stereocenters. The van der Waals surface area contributed by atoms with Crippen LogP contribution in [0.5, 0.6) is 0 Å². The van der Waals surface area contributed by atoms with Crippen molar-refractivity contribution in [1.29, 1.82) is 0 Å². The number of hydrogen-bond acceptors (Lipinski definition) is 12. The van der Waals surface area contributed by atoms with E-state index >= 15 is 0 Å². The van der Waals surface area contributed by atoms with Gasteiger partial charge in [0.25, 0.3) is 0 Å². The quantitative estimate of drug-likeness (QED) is 0.264. The van der Waals surface area contributed by atoms with E-state index in [0.29, 0.717) is 24.6 Å². The molecular formula is C23H33NO11S. The Balaban J connectivity index is 2.04. The number of rotatable bonds is 10. The Labute approximate surface area is 212 Å². The first-order valence-electron chi connectivity index (χ1n) is 11.6. The highest BCUT2D eigenvalue weighted by molar-refractivity contribution is 8.14. The second-order valence-corrected chi connectivity index (χ2v) is 10.7. The van der Waals surface area contributed by atoms with E-state index in [9.17, 15) is 24.0 Å². The van der Waals surface area contributed by atoms with Crippen LogP contribution in [0.2, 0.25) is 0 Å². The van der Waals surface area contributed by atoms with E-state index in [4.69, 9.17) is 27.8 Å². The maximum atomic E-state index is 13.1. The van der Waals surface area contributed by atoms with Gasteiger partial charge >= 0.3 is 29.2 Å². The van der Waals surface area contributed by atoms with Crippen molar-refractivity contribution in [3.63, 3.8) is 0 Å². The predicted molar refractivity (Wildman–Crippen MR) is 126 cm³/mol. The molecule has 1 aromatic heterocycles. The summed E-state index contributed by atoms with van der Waals surface area (Å²) in [6.07, 6.45) is 2.99. The predicted octanol–water partition coefficient (Wildman–Crippen LogP) is 3.82. The molecular weight excluding hydrogens is 498 g/mol. The molecule has 0 spiro atoms. The van der Waals surface area contributed by atoms with Crippen molar-refractivity contribution in [3.05, 3.63) is 22.1 Å². The summed E-state index contributed by atoms with van der Waals surface area (Å²) in [5.74, 6) is -2.39. The number of hydrogen-bond donors (Lipinski definition) is 1. The molecule has 12 nitrogen and oxygen atoms in total. The lowest BCUT2D eigenvalue weighted by Crippen LogP contribution is -2.54. The minimum Gasteiger partial charge on any atom is -0.461 e. The second-order valence-electron chi connectivity index (χ2n) is 9.12. The largest absolute Gasteiger partial charge is 0.519 e. The van der Waals surface area contributed by atoms with Crippen molar-refractivity contribution in [3.8, 4) is 0 Å². The fourth-order valence-electron chi connectivity index (χ4n) is 3.33. The Hall–Kier alpha value is -2.96. The third-order valence-electron chi connectivity index (χ3n) is 5.39. The molecule has 1 amide bonds. The lowest BCUT2D eigenvalue weighted by Gasteiger charge is -2.33. The molecule has 0 aromatic carbocycles. The molecule has 0 bridgehead atoms. The summed E-state index contributed by atoms with van der Waals surface area (Å²) < 4.78 is 28.7. The number of nitrogens with one attached hydrogen (secondary N) is 1. The molecule has 1 heterocycles. The Morgan fingerprint density at radius 3 is 2.28 bits per heavy atom. The van der Waals surface area contributed by atoms with E-state index in [1.807, 2.05) is 0 Å². The van der Waals surface area contributed by atoms with Gasteiger partial charge in [0.15, 0.2) is 18.1 Å². The number of thioether (sulfide) groups is 1. The molecule has 202 valence electrons. The van der Waals surface area contributed by atoms with Gasteiger partial charge in [-0.3, -0.25) is 4.79 Å². The monoisotopic (exact) mass is 531 g/mol. The van der Waals surface area contributed by atoms with Crippen LogP contribution in [0, 0.1) is 12.8 Å². The van der Waals surface area contributed by atoms with E-state index < -0.39 is 52.7 Å². The molecule has 2 rings (SSSR count). The molecule has 1 atom stereocenters. The molecule has 36 heavy (non-hydrogen) atoms. The van der Waals surface area contributed by atoms with Gasteiger partial charge in [-0.05, 0) is 58.2 Å². The molecule has 1 N–H and O–H groups in total. The summed E-state index contributed by atoms with van der Waals surface area (Å²) in [4.78, 5) is 60.6. The van der Waals surface area contributed by atoms with Crippen molar-refractivity contribution in [2.75, 3.05) is 6.79 Å². The summed E-state index contributed by atoms with van der Waals surface area (Å²) in [6, 6.07) is -1.31. The number of carbonyl (C=O) groups is 4. The van der Waals surface area contributed by atoms with Gasteiger partial charge in [0.2, 0.25) is 6.79 Å². The average molecular weight is 532 g/mol. The Bertz CT molecular complexity index is 975. The van der Waals surface area contributed by atoms with Crippen LogP contribution in [-0.2, 0) is 35.1 Å². The number of ether oxygens (including phenoxy) is 4. The van der Waals surface area contributed by atoms with Gasteiger partial charge in [-0.15, -0.1) is 0 Å². The number of alkyl carbamates (subject to hydrolysis) is 1. The van der Waals surface area contributed by atoms with E-state index in [0.717, 1.165) is 19.3 Å². The van der Waals surface area contributed by atoms with E-state index in [1.54, 1.807) is 27.7 Å². The standard InChI is InChI=1S/C23H33NO11S/c1-13(2)18(25)31-12-32-20(27)24-17(19(26)34-15-9-7-6-8-10-15)23(4,5)36-22(29)30-11-16-14(3)33-21(28)35-16/h13,15,17H,6-12H2,1-5H3,(H,24,27)/t17-/m0/s1. The number of carbonyl (C=O) groups excluding carboxylic acids is 4. The zero-order valence-electron chi connectivity index (χ0n) is 21.1. The van der Waals surface area contributed by atoms with Crippen LogP contribution in [-0.4, -0.2) is 47.0 Å². The minimum atomic E-state index is -1.31. The number of aryl methyl sites for hydroxylation is 1. The maximum absolute atomic E-state index is 13.1. The number of esters is 2. The molecule has 1 saturated carbocycles. The SMILES string of the molecule is Cc1oc(=O)oc1COC(=O)SC(C)(C)[C@@H](NC(=O)OCOC(=O)C(C)C)C(=O)OC1CCCCC1. The van der Waals surface area contributed by atoms with Crippen molar-refractivity contribution < 1.29 is 47.0 Å². The molecule has 0 aliphatic heterocycles. The van der Waals surface area contributed by atoms with Gasteiger partial charge in [-0.2, -0.15) is 0 Å². The maximum Gasteiger partial charge on any atom is 0.519 e. The molecule has 1 aromatic rings. The molecule has 1 aliphatic carbocycles. The van der Waals surface area contributed by atoms with E-state index in [-0.39, 0.29) is 24.2 Å². The fourth-order valence-corrected chi connectivity index (χ4v) is 4.15. The highest BCUT2D eigenvalue weighted by atomic mass is 32.2. The van der Waals surface area contributed by atoms with Gasteiger partial charge < -0.3 is 33.1 Å². The van der Waals surface area contributed by atoms with Crippen LogP contribution in [0.25, 0.3) is 0 Å². The second kappa shape index (κ2) is 13.4. The van der Waals surface area contributed by atoms with Crippen LogP contribution in [0.1, 0.15) is 71.3 Å². The smallest absolute Gasteiger partial charge is 0.461 e.